The van der Waals surface area contributed by atoms with Crippen molar-refractivity contribution in [2.24, 2.45) is 11.1 Å². The van der Waals surface area contributed by atoms with E-state index in [9.17, 15) is 9.59 Å². The van der Waals surface area contributed by atoms with Gasteiger partial charge < -0.3 is 15.6 Å². The van der Waals surface area contributed by atoms with Gasteiger partial charge in [0.15, 0.2) is 0 Å². The Hall–Kier alpha value is -1.10. The summed E-state index contributed by atoms with van der Waals surface area (Å²) in [5, 5.41) is 8.38. The van der Waals surface area contributed by atoms with Crippen molar-refractivity contribution in [3.63, 3.8) is 0 Å². The Labute approximate surface area is 76.9 Å². The molecule has 0 spiro atoms. The van der Waals surface area contributed by atoms with Crippen molar-refractivity contribution in [1.82, 2.24) is 0 Å². The van der Waals surface area contributed by atoms with Gasteiger partial charge in [-0.3, -0.25) is 9.59 Å². The van der Waals surface area contributed by atoms with Crippen LogP contribution in [-0.4, -0.2) is 29.7 Å². The van der Waals surface area contributed by atoms with Crippen LogP contribution >= 0.6 is 0 Å². The Bertz CT molecular complexity index is 207. The summed E-state index contributed by atoms with van der Waals surface area (Å²) in [5.41, 5.74) is 4.50. The maximum absolute atomic E-state index is 11.1. The summed E-state index contributed by atoms with van der Waals surface area (Å²) in [7, 11) is 0. The highest BCUT2D eigenvalue weighted by molar-refractivity contribution is 5.77. The summed E-state index contributed by atoms with van der Waals surface area (Å²) in [6.07, 6.45) is 0. The first-order chi connectivity index (χ1) is 5.75. The van der Waals surface area contributed by atoms with Crippen LogP contribution in [0.5, 0.6) is 0 Å². The number of rotatable bonds is 3. The van der Waals surface area contributed by atoms with Crippen LogP contribution in [0, 0.1) is 5.41 Å². The molecule has 0 aromatic carbocycles. The minimum Gasteiger partial charge on any atom is -0.480 e. The van der Waals surface area contributed by atoms with Crippen molar-refractivity contribution in [1.29, 1.82) is 0 Å². The Morgan fingerprint density at radius 3 is 2.23 bits per heavy atom. The first-order valence-electron chi connectivity index (χ1n) is 3.90. The van der Waals surface area contributed by atoms with E-state index in [2.05, 4.69) is 4.74 Å². The number of hydrogen-bond donors (Lipinski definition) is 2. The zero-order valence-electron chi connectivity index (χ0n) is 8.03. The molecule has 0 amide bonds. The molecule has 0 saturated carbocycles. The molecule has 0 aliphatic rings. The van der Waals surface area contributed by atoms with Crippen LogP contribution in [0.2, 0.25) is 0 Å². The van der Waals surface area contributed by atoms with Gasteiger partial charge in [-0.25, -0.2) is 0 Å². The largest absolute Gasteiger partial charge is 0.480 e. The molecule has 5 heteroatoms. The number of aliphatic carboxylic acids is 1. The number of nitrogens with two attached hydrogens (primary N) is 1. The van der Waals surface area contributed by atoms with E-state index in [0.717, 1.165) is 0 Å². The van der Waals surface area contributed by atoms with Gasteiger partial charge in [-0.1, -0.05) is 0 Å². The molecule has 0 aromatic heterocycles. The van der Waals surface area contributed by atoms with Crippen LogP contribution in [0.15, 0.2) is 0 Å². The summed E-state index contributed by atoms with van der Waals surface area (Å²) < 4.78 is 4.68. The molecule has 1 atom stereocenters. The molecule has 13 heavy (non-hydrogen) atoms. The third-order valence-corrected chi connectivity index (χ3v) is 1.32. The molecular weight excluding hydrogens is 174 g/mol. The molecule has 0 heterocycles. The summed E-state index contributed by atoms with van der Waals surface area (Å²) in [5.74, 6) is -1.63. The van der Waals surface area contributed by atoms with Gasteiger partial charge in [-0.2, -0.15) is 0 Å². The van der Waals surface area contributed by atoms with Crippen LogP contribution in [0.25, 0.3) is 0 Å². The van der Waals surface area contributed by atoms with Crippen LogP contribution in [0.3, 0.4) is 0 Å². The van der Waals surface area contributed by atoms with Crippen molar-refractivity contribution in [3.05, 3.63) is 0 Å². The Balaban J connectivity index is 3.91. The summed E-state index contributed by atoms with van der Waals surface area (Å²) in [6, 6.07) is -1.15. The monoisotopic (exact) mass is 189 g/mol. The van der Waals surface area contributed by atoms with Gasteiger partial charge in [0.1, 0.15) is 12.6 Å². The molecule has 0 aliphatic heterocycles. The zero-order valence-corrected chi connectivity index (χ0v) is 8.03. The zero-order chi connectivity index (χ0) is 10.6. The lowest BCUT2D eigenvalue weighted by molar-refractivity contribution is -0.155. The highest BCUT2D eigenvalue weighted by Gasteiger charge is 2.24. The number of esters is 1. The van der Waals surface area contributed by atoms with Crippen molar-refractivity contribution in [2.45, 2.75) is 26.8 Å². The standard InChI is InChI=1S/C8H15NO4/c1-8(2,3)7(12)13-4-5(9)6(10)11/h5H,4,9H2,1-3H3,(H,10,11)/t5-/m0/s1. The average Bonchev–Trinajstić information content (AvgIpc) is 1.97. The molecule has 0 saturated heterocycles. The average molecular weight is 189 g/mol. The normalized spacial score (nSPS) is 13.5. The lowest BCUT2D eigenvalue weighted by Gasteiger charge is -2.17. The van der Waals surface area contributed by atoms with Gasteiger partial charge in [0, 0.05) is 0 Å². The molecule has 5 nitrogen and oxygen atoms in total. The van der Waals surface area contributed by atoms with E-state index in [1.807, 2.05) is 0 Å². The van der Waals surface area contributed by atoms with E-state index in [1.54, 1.807) is 20.8 Å². The highest BCUT2D eigenvalue weighted by atomic mass is 16.5. The fourth-order valence-corrected chi connectivity index (χ4v) is 0.453. The predicted octanol–water partition coefficient (Wildman–Crippen LogP) is -0.0124. The van der Waals surface area contributed by atoms with Crippen molar-refractivity contribution in [2.75, 3.05) is 6.61 Å². The van der Waals surface area contributed by atoms with Crippen LogP contribution in [-0.2, 0) is 14.3 Å². The first-order valence-corrected chi connectivity index (χ1v) is 3.90. The number of ether oxygens (including phenoxy) is 1. The molecule has 3 N–H and O–H groups in total. The van der Waals surface area contributed by atoms with Crippen molar-refractivity contribution >= 4 is 11.9 Å². The van der Waals surface area contributed by atoms with E-state index in [0.29, 0.717) is 0 Å². The van der Waals surface area contributed by atoms with Crippen molar-refractivity contribution in [3.8, 4) is 0 Å². The predicted molar refractivity (Wildman–Crippen MR) is 46.0 cm³/mol. The Morgan fingerprint density at radius 2 is 1.92 bits per heavy atom. The molecule has 0 aromatic rings. The van der Waals surface area contributed by atoms with E-state index in [1.165, 1.54) is 0 Å². The maximum Gasteiger partial charge on any atom is 0.324 e. The second kappa shape index (κ2) is 4.23. The van der Waals surface area contributed by atoms with E-state index < -0.39 is 23.4 Å². The van der Waals surface area contributed by atoms with Gasteiger partial charge in [0.25, 0.3) is 0 Å². The Kier molecular flexibility index (Phi) is 3.87. The second-order valence-electron chi connectivity index (χ2n) is 3.79. The quantitative estimate of drug-likeness (QED) is 0.609. The molecule has 76 valence electrons. The van der Waals surface area contributed by atoms with Gasteiger partial charge in [-0.05, 0) is 20.8 Å². The number of carbonyl (C=O) groups is 2. The summed E-state index contributed by atoms with van der Waals surface area (Å²) in [4.78, 5) is 21.4. The minimum absolute atomic E-state index is 0.286. The molecular formula is C8H15NO4. The van der Waals surface area contributed by atoms with Gasteiger partial charge in [-0.15, -0.1) is 0 Å². The number of carboxylic acids is 1. The molecule has 0 unspecified atom stereocenters. The van der Waals surface area contributed by atoms with E-state index in [-0.39, 0.29) is 6.61 Å². The SMILES string of the molecule is CC(C)(C)C(=O)OC[C@H](N)C(=O)O. The fourth-order valence-electron chi connectivity index (χ4n) is 0.453. The maximum atomic E-state index is 11.1. The first kappa shape index (κ1) is 11.9. The summed E-state index contributed by atoms with van der Waals surface area (Å²) >= 11 is 0. The molecule has 0 fully saturated rings. The summed E-state index contributed by atoms with van der Waals surface area (Å²) in [6.45, 7) is 4.76. The van der Waals surface area contributed by atoms with Crippen LogP contribution in [0.1, 0.15) is 20.8 Å². The highest BCUT2D eigenvalue weighted by Crippen LogP contribution is 2.14. The topological polar surface area (TPSA) is 89.6 Å². The molecule has 0 aliphatic carbocycles. The van der Waals surface area contributed by atoms with E-state index >= 15 is 0 Å². The lowest BCUT2D eigenvalue weighted by Crippen LogP contribution is -2.37. The van der Waals surface area contributed by atoms with E-state index in [4.69, 9.17) is 10.8 Å². The smallest absolute Gasteiger partial charge is 0.324 e. The fraction of sp³-hybridized carbons (Fsp3) is 0.750. The second-order valence-corrected chi connectivity index (χ2v) is 3.79. The van der Waals surface area contributed by atoms with Crippen LogP contribution in [0.4, 0.5) is 0 Å². The molecule has 0 rings (SSSR count). The van der Waals surface area contributed by atoms with Gasteiger partial charge >= 0.3 is 11.9 Å². The third-order valence-electron chi connectivity index (χ3n) is 1.32. The number of carboxylic acid groups (broad SMARTS) is 1. The lowest BCUT2D eigenvalue weighted by atomic mass is 9.97. The molecule has 0 bridgehead atoms. The van der Waals surface area contributed by atoms with Gasteiger partial charge in [0.2, 0.25) is 0 Å². The van der Waals surface area contributed by atoms with Crippen LogP contribution < -0.4 is 5.73 Å². The Morgan fingerprint density at radius 1 is 1.46 bits per heavy atom. The van der Waals surface area contributed by atoms with Crippen molar-refractivity contribution < 1.29 is 19.4 Å². The minimum atomic E-state index is -1.18. The number of carbonyl (C=O) groups excluding carboxylic acids is 1. The third kappa shape index (κ3) is 4.47. The number of hydrogen-bond acceptors (Lipinski definition) is 4. The van der Waals surface area contributed by atoms with Gasteiger partial charge in [0.05, 0.1) is 5.41 Å². The molecule has 0 radical (unpaired) electrons.